The lowest BCUT2D eigenvalue weighted by Gasteiger charge is -2.46. The van der Waals surface area contributed by atoms with Crippen LogP contribution < -0.4 is 4.74 Å². The first-order chi connectivity index (χ1) is 18.3. The fraction of sp³-hybridized carbons (Fsp3) is 0.433. The Morgan fingerprint density at radius 2 is 1.71 bits per heavy atom. The maximum absolute atomic E-state index is 14.2. The van der Waals surface area contributed by atoms with Crippen LogP contribution >= 0.6 is 0 Å². The number of likely N-dealkylation sites (N-methyl/N-ethyl adjacent to an activating group) is 1. The molecule has 202 valence electrons. The molecule has 6 nitrogen and oxygen atoms in total. The first kappa shape index (κ1) is 26.5. The smallest absolute Gasteiger partial charge is 0.344 e. The van der Waals surface area contributed by atoms with Crippen molar-refractivity contribution in [3.8, 4) is 5.75 Å². The summed E-state index contributed by atoms with van der Waals surface area (Å²) in [6.07, 6.45) is 0.595. The Bertz CT molecular complexity index is 1290. The number of rotatable bonds is 6. The normalized spacial score (nSPS) is 24.9. The van der Waals surface area contributed by atoms with Gasteiger partial charge in [-0.15, -0.1) is 0 Å². The quantitative estimate of drug-likeness (QED) is 0.476. The largest absolute Gasteiger partial charge is 0.497 e. The Morgan fingerprint density at radius 1 is 1.03 bits per heavy atom. The first-order valence-corrected chi connectivity index (χ1v) is 13.1. The van der Waals surface area contributed by atoms with E-state index in [1.54, 1.807) is 7.11 Å². The van der Waals surface area contributed by atoms with Crippen LogP contribution in [0.25, 0.3) is 10.8 Å². The van der Waals surface area contributed by atoms with E-state index in [1.807, 2.05) is 36.4 Å². The van der Waals surface area contributed by atoms with Crippen LogP contribution in [0.3, 0.4) is 0 Å². The molecule has 2 fully saturated rings. The highest BCUT2D eigenvalue weighted by atomic mass is 19.1. The number of halogens is 2. The van der Waals surface area contributed by atoms with Gasteiger partial charge in [0.05, 0.1) is 12.7 Å². The summed E-state index contributed by atoms with van der Waals surface area (Å²) in [6, 6.07) is 15.1. The predicted molar refractivity (Wildman–Crippen MR) is 141 cm³/mol. The number of carbonyl (C=O) groups is 1. The van der Waals surface area contributed by atoms with Crippen LogP contribution in [-0.2, 0) is 10.3 Å². The molecule has 0 amide bonds. The molecule has 3 aromatic carbocycles. The Morgan fingerprint density at radius 3 is 2.42 bits per heavy atom. The lowest BCUT2D eigenvalue weighted by molar-refractivity contribution is -0.101. The molecule has 1 aliphatic heterocycles. The van der Waals surface area contributed by atoms with Crippen molar-refractivity contribution in [3.05, 3.63) is 77.4 Å². The van der Waals surface area contributed by atoms with E-state index in [2.05, 4.69) is 16.8 Å². The second-order valence-corrected chi connectivity index (χ2v) is 10.6. The molecule has 0 aromatic heterocycles. The lowest BCUT2D eigenvalue weighted by atomic mass is 9.70. The standard InChI is InChI=1S/C30H34F2N2O4/c1-33-12-14-34(15-13-33)19-23-18-25(38-29(35)28-26(31)4-3-5-27(28)32)10-11-30(23,36)22-8-6-21-17-24(37-2)9-7-20(21)16-22/h3-9,16-17,23,25,36H,10-15,18-19H2,1-2H3. The highest BCUT2D eigenvalue weighted by molar-refractivity contribution is 5.90. The zero-order chi connectivity index (χ0) is 26.9. The van der Waals surface area contributed by atoms with Gasteiger partial charge in [0.25, 0.3) is 0 Å². The van der Waals surface area contributed by atoms with Crippen LogP contribution in [-0.4, -0.2) is 73.9 Å². The molecular weight excluding hydrogens is 490 g/mol. The van der Waals surface area contributed by atoms with Crippen molar-refractivity contribution >= 4 is 16.7 Å². The topological polar surface area (TPSA) is 62.2 Å². The molecule has 0 spiro atoms. The second-order valence-electron chi connectivity index (χ2n) is 10.6. The number of carbonyl (C=O) groups excluding carboxylic acids is 1. The average Bonchev–Trinajstić information content (AvgIpc) is 2.91. The van der Waals surface area contributed by atoms with Crippen molar-refractivity contribution in [1.29, 1.82) is 0 Å². The summed E-state index contributed by atoms with van der Waals surface area (Å²) in [4.78, 5) is 17.3. The van der Waals surface area contributed by atoms with Gasteiger partial charge in [-0.05, 0) is 73.0 Å². The number of aliphatic hydroxyl groups is 1. The zero-order valence-electron chi connectivity index (χ0n) is 21.8. The van der Waals surface area contributed by atoms with Crippen LogP contribution in [0.5, 0.6) is 5.75 Å². The Balaban J connectivity index is 1.41. The monoisotopic (exact) mass is 524 g/mol. The summed E-state index contributed by atoms with van der Waals surface area (Å²) < 4.78 is 39.4. The molecule has 1 heterocycles. The van der Waals surface area contributed by atoms with Crippen molar-refractivity contribution in [1.82, 2.24) is 9.80 Å². The number of benzene rings is 3. The number of fused-ring (bicyclic) bond motifs is 1. The third-order valence-corrected chi connectivity index (χ3v) is 8.13. The number of ether oxygens (including phenoxy) is 2. The summed E-state index contributed by atoms with van der Waals surface area (Å²) in [7, 11) is 3.72. The molecular formula is C30H34F2N2O4. The molecule has 3 unspecified atom stereocenters. The summed E-state index contributed by atoms with van der Waals surface area (Å²) in [5.41, 5.74) is -0.989. The van der Waals surface area contributed by atoms with Gasteiger partial charge in [-0.1, -0.05) is 24.3 Å². The molecule has 38 heavy (non-hydrogen) atoms. The Labute approximate surface area is 221 Å². The van der Waals surface area contributed by atoms with Gasteiger partial charge in [0, 0.05) is 38.6 Å². The van der Waals surface area contributed by atoms with Gasteiger partial charge < -0.3 is 24.4 Å². The van der Waals surface area contributed by atoms with Crippen LogP contribution in [0.2, 0.25) is 0 Å². The number of esters is 1. The number of hydrogen-bond donors (Lipinski definition) is 1. The van der Waals surface area contributed by atoms with Gasteiger partial charge >= 0.3 is 5.97 Å². The highest BCUT2D eigenvalue weighted by Gasteiger charge is 2.45. The second kappa shape index (κ2) is 11.0. The van der Waals surface area contributed by atoms with E-state index in [1.165, 1.54) is 6.07 Å². The van der Waals surface area contributed by atoms with E-state index in [0.29, 0.717) is 25.8 Å². The molecule has 3 aromatic rings. The third-order valence-electron chi connectivity index (χ3n) is 8.13. The molecule has 1 saturated heterocycles. The first-order valence-electron chi connectivity index (χ1n) is 13.1. The third kappa shape index (κ3) is 5.39. The summed E-state index contributed by atoms with van der Waals surface area (Å²) in [6.45, 7) is 4.27. The lowest BCUT2D eigenvalue weighted by Crippen LogP contribution is -2.52. The van der Waals surface area contributed by atoms with Crippen molar-refractivity contribution in [2.24, 2.45) is 5.92 Å². The highest BCUT2D eigenvalue weighted by Crippen LogP contribution is 2.44. The van der Waals surface area contributed by atoms with Gasteiger partial charge in [0.1, 0.15) is 29.1 Å². The molecule has 0 radical (unpaired) electrons. The number of hydrogen-bond acceptors (Lipinski definition) is 6. The van der Waals surface area contributed by atoms with Gasteiger partial charge in [0.2, 0.25) is 0 Å². The van der Waals surface area contributed by atoms with Gasteiger partial charge in [-0.2, -0.15) is 0 Å². The van der Waals surface area contributed by atoms with Gasteiger partial charge in [-0.25, -0.2) is 13.6 Å². The molecule has 2 aliphatic rings. The van der Waals surface area contributed by atoms with E-state index < -0.39 is 34.9 Å². The minimum atomic E-state index is -1.14. The van der Waals surface area contributed by atoms with Crippen molar-refractivity contribution < 1.29 is 28.2 Å². The van der Waals surface area contributed by atoms with Crippen molar-refractivity contribution in [2.45, 2.75) is 31.0 Å². The maximum atomic E-state index is 14.2. The van der Waals surface area contributed by atoms with Crippen LogP contribution in [0.4, 0.5) is 8.78 Å². The van der Waals surface area contributed by atoms with Crippen LogP contribution in [0, 0.1) is 17.6 Å². The van der Waals surface area contributed by atoms with E-state index >= 15 is 0 Å². The average molecular weight is 525 g/mol. The van der Waals surface area contributed by atoms with E-state index in [-0.39, 0.29) is 5.92 Å². The number of methoxy groups -OCH3 is 1. The number of piperazine rings is 1. The van der Waals surface area contributed by atoms with Crippen LogP contribution in [0.1, 0.15) is 35.2 Å². The Hall–Kier alpha value is -3.07. The Kier molecular flexibility index (Phi) is 7.66. The van der Waals surface area contributed by atoms with E-state index in [9.17, 15) is 18.7 Å². The van der Waals surface area contributed by atoms with Crippen molar-refractivity contribution in [3.63, 3.8) is 0 Å². The molecule has 8 heteroatoms. The molecule has 1 N–H and O–H groups in total. The SMILES string of the molecule is COc1ccc2cc(C3(O)CCC(OC(=O)c4c(F)cccc4F)CC3CN3CCN(C)CC3)ccc2c1. The number of nitrogens with zero attached hydrogens (tertiary/aromatic N) is 2. The molecule has 1 aliphatic carbocycles. The maximum Gasteiger partial charge on any atom is 0.344 e. The molecule has 1 saturated carbocycles. The summed E-state index contributed by atoms with van der Waals surface area (Å²) >= 11 is 0. The fourth-order valence-electron chi connectivity index (χ4n) is 5.79. The van der Waals surface area contributed by atoms with Crippen LogP contribution in [0.15, 0.2) is 54.6 Å². The van der Waals surface area contributed by atoms with Crippen molar-refractivity contribution in [2.75, 3.05) is 46.9 Å². The molecule has 5 rings (SSSR count). The van der Waals surface area contributed by atoms with E-state index in [0.717, 1.165) is 60.4 Å². The minimum Gasteiger partial charge on any atom is -0.497 e. The van der Waals surface area contributed by atoms with E-state index in [4.69, 9.17) is 9.47 Å². The predicted octanol–water partition coefficient (Wildman–Crippen LogP) is 4.59. The minimum absolute atomic E-state index is 0.237. The summed E-state index contributed by atoms with van der Waals surface area (Å²) in [5, 5.41) is 14.2. The molecule has 0 bridgehead atoms. The van der Waals surface area contributed by atoms with Gasteiger partial charge in [0.15, 0.2) is 0 Å². The summed E-state index contributed by atoms with van der Waals surface area (Å²) in [5.74, 6) is -2.36. The fourth-order valence-corrected chi connectivity index (χ4v) is 5.79. The molecule has 3 atom stereocenters. The zero-order valence-corrected chi connectivity index (χ0v) is 21.8. The van der Waals surface area contributed by atoms with Gasteiger partial charge in [-0.3, -0.25) is 0 Å².